The molecule has 0 radical (unpaired) electrons. The predicted octanol–water partition coefficient (Wildman–Crippen LogP) is 3.66. The smallest absolute Gasteiger partial charge is 0.239 e. The molecule has 1 amide bonds. The summed E-state index contributed by atoms with van der Waals surface area (Å²) in [5.41, 5.74) is 1.22. The van der Waals surface area contributed by atoms with Crippen LogP contribution in [0.5, 0.6) is 0 Å². The molecule has 1 heterocycles. The quantitative estimate of drug-likeness (QED) is 0.856. The van der Waals surface area contributed by atoms with Gasteiger partial charge in [-0.15, -0.1) is 22.0 Å². The lowest BCUT2D eigenvalue weighted by molar-refractivity contribution is -0.115. The van der Waals surface area contributed by atoms with Gasteiger partial charge in [0, 0.05) is 4.90 Å². The number of aromatic nitrogens is 2. The summed E-state index contributed by atoms with van der Waals surface area (Å²) >= 11 is 2.96. The number of rotatable bonds is 5. The van der Waals surface area contributed by atoms with E-state index in [9.17, 15) is 4.79 Å². The third-order valence-electron chi connectivity index (χ3n) is 2.72. The molecule has 6 heteroatoms. The van der Waals surface area contributed by atoms with Crippen LogP contribution >= 0.6 is 23.1 Å². The van der Waals surface area contributed by atoms with Gasteiger partial charge in [0.25, 0.3) is 0 Å². The molecular weight excluding hydrogens is 290 g/mol. The summed E-state index contributed by atoms with van der Waals surface area (Å²) in [7, 11) is 0. The Morgan fingerprint density at radius 2 is 2.00 bits per heavy atom. The molecule has 106 valence electrons. The van der Waals surface area contributed by atoms with Gasteiger partial charge >= 0.3 is 0 Å². The highest BCUT2D eigenvalue weighted by molar-refractivity contribution is 8.00. The Morgan fingerprint density at radius 1 is 1.30 bits per heavy atom. The van der Waals surface area contributed by atoms with Crippen LogP contribution in [0.3, 0.4) is 0 Å². The monoisotopic (exact) mass is 307 g/mol. The molecule has 20 heavy (non-hydrogen) atoms. The van der Waals surface area contributed by atoms with Crippen LogP contribution in [0.2, 0.25) is 0 Å². The second-order valence-electron chi connectivity index (χ2n) is 4.44. The number of hydrogen-bond acceptors (Lipinski definition) is 5. The maximum absolute atomic E-state index is 12.2. The van der Waals surface area contributed by atoms with E-state index in [0.29, 0.717) is 5.13 Å². The molecule has 0 spiro atoms. The van der Waals surface area contributed by atoms with E-state index >= 15 is 0 Å². The zero-order valence-electron chi connectivity index (χ0n) is 11.7. The molecule has 0 aliphatic rings. The van der Waals surface area contributed by atoms with E-state index in [1.165, 1.54) is 16.9 Å². The van der Waals surface area contributed by atoms with E-state index in [1.54, 1.807) is 11.8 Å². The number of thioether (sulfide) groups is 1. The van der Waals surface area contributed by atoms with Crippen molar-refractivity contribution in [3.8, 4) is 0 Å². The fourth-order valence-corrected chi connectivity index (χ4v) is 3.19. The average molecular weight is 307 g/mol. The van der Waals surface area contributed by atoms with Crippen molar-refractivity contribution in [1.29, 1.82) is 0 Å². The first-order valence-corrected chi connectivity index (χ1v) is 8.12. The fraction of sp³-hybridized carbons (Fsp3) is 0.357. The number of carbonyl (C=O) groups excluding carboxylic acids is 1. The van der Waals surface area contributed by atoms with Gasteiger partial charge in [-0.05, 0) is 32.4 Å². The number of nitrogens with one attached hydrogen (secondary N) is 1. The van der Waals surface area contributed by atoms with E-state index in [4.69, 9.17) is 0 Å². The molecule has 4 nitrogen and oxygen atoms in total. The van der Waals surface area contributed by atoms with Crippen LogP contribution in [0.4, 0.5) is 5.13 Å². The maximum atomic E-state index is 12.2. The Kier molecular flexibility index (Phi) is 5.14. The van der Waals surface area contributed by atoms with Crippen molar-refractivity contribution >= 4 is 34.1 Å². The molecular formula is C14H17N3OS2. The number of aryl methyl sites for hydroxylation is 2. The molecule has 0 unspecified atom stereocenters. The fourth-order valence-electron chi connectivity index (χ4n) is 1.64. The number of benzene rings is 1. The largest absolute Gasteiger partial charge is 0.300 e. The molecule has 1 N–H and O–H groups in total. The van der Waals surface area contributed by atoms with Crippen molar-refractivity contribution in [3.05, 3.63) is 34.8 Å². The first kappa shape index (κ1) is 15.0. The summed E-state index contributed by atoms with van der Waals surface area (Å²) in [5.74, 6) is -0.0192. The molecule has 0 fully saturated rings. The molecule has 0 aliphatic heterocycles. The van der Waals surface area contributed by atoms with Gasteiger partial charge in [-0.1, -0.05) is 36.0 Å². The first-order chi connectivity index (χ1) is 9.58. The highest BCUT2D eigenvalue weighted by Gasteiger charge is 2.19. The third-order valence-corrected chi connectivity index (χ3v) is 4.85. The number of hydrogen-bond donors (Lipinski definition) is 1. The zero-order chi connectivity index (χ0) is 14.5. The van der Waals surface area contributed by atoms with Gasteiger partial charge < -0.3 is 0 Å². The number of carbonyl (C=O) groups is 1. The van der Waals surface area contributed by atoms with Crippen molar-refractivity contribution in [2.45, 2.75) is 37.3 Å². The van der Waals surface area contributed by atoms with Crippen molar-refractivity contribution in [2.24, 2.45) is 0 Å². The highest BCUT2D eigenvalue weighted by atomic mass is 32.2. The normalized spacial score (nSPS) is 12.2. The van der Waals surface area contributed by atoms with Crippen LogP contribution in [-0.2, 0) is 4.79 Å². The van der Waals surface area contributed by atoms with Gasteiger partial charge in [-0.25, -0.2) is 0 Å². The van der Waals surface area contributed by atoms with Crippen LogP contribution in [-0.4, -0.2) is 21.4 Å². The Balaban J connectivity index is 2.00. The molecule has 0 saturated heterocycles. The lowest BCUT2D eigenvalue weighted by Crippen LogP contribution is -2.24. The van der Waals surface area contributed by atoms with E-state index in [-0.39, 0.29) is 11.2 Å². The van der Waals surface area contributed by atoms with Gasteiger partial charge in [0.05, 0.1) is 5.25 Å². The molecule has 0 saturated carbocycles. The molecule has 0 aliphatic carbocycles. The van der Waals surface area contributed by atoms with Crippen LogP contribution in [0.1, 0.15) is 23.9 Å². The lowest BCUT2D eigenvalue weighted by Gasteiger charge is -2.13. The van der Waals surface area contributed by atoms with E-state index < -0.39 is 0 Å². The van der Waals surface area contributed by atoms with Crippen LogP contribution in [0, 0.1) is 13.8 Å². The Morgan fingerprint density at radius 3 is 2.55 bits per heavy atom. The molecule has 2 aromatic rings. The number of anilines is 1. The van der Waals surface area contributed by atoms with E-state index in [1.807, 2.05) is 26.0 Å². The molecule has 2 rings (SSSR count). The van der Waals surface area contributed by atoms with E-state index in [0.717, 1.165) is 16.3 Å². The van der Waals surface area contributed by atoms with Crippen molar-refractivity contribution in [1.82, 2.24) is 10.2 Å². The van der Waals surface area contributed by atoms with E-state index in [2.05, 4.69) is 34.6 Å². The standard InChI is InChI=1S/C14H17N3OS2/c1-4-12(20-11-7-5-9(2)6-8-11)13(18)15-14-17-16-10(3)19-14/h5-8,12H,4H2,1-3H3,(H,15,17,18)/t12-/m0/s1. The summed E-state index contributed by atoms with van der Waals surface area (Å²) in [5, 5.41) is 11.9. The summed E-state index contributed by atoms with van der Waals surface area (Å²) in [6.07, 6.45) is 0.766. The van der Waals surface area contributed by atoms with Gasteiger partial charge in [-0.2, -0.15) is 0 Å². The number of nitrogens with zero attached hydrogens (tertiary/aromatic N) is 2. The van der Waals surface area contributed by atoms with Crippen LogP contribution < -0.4 is 5.32 Å². The average Bonchev–Trinajstić information content (AvgIpc) is 2.83. The van der Waals surface area contributed by atoms with Crippen molar-refractivity contribution in [2.75, 3.05) is 5.32 Å². The minimum absolute atomic E-state index is 0.0192. The Bertz CT molecular complexity index is 580. The SMILES string of the molecule is CC[C@H](Sc1ccc(C)cc1)C(=O)Nc1nnc(C)s1. The van der Waals surface area contributed by atoms with Gasteiger partial charge in [-0.3, -0.25) is 10.1 Å². The lowest BCUT2D eigenvalue weighted by atomic mass is 10.2. The topological polar surface area (TPSA) is 54.9 Å². The third kappa shape index (κ3) is 4.05. The predicted molar refractivity (Wildman–Crippen MR) is 84.4 cm³/mol. The van der Waals surface area contributed by atoms with Gasteiger partial charge in [0.1, 0.15) is 5.01 Å². The molecule has 1 aromatic carbocycles. The van der Waals surface area contributed by atoms with Crippen LogP contribution in [0.25, 0.3) is 0 Å². The minimum atomic E-state index is -0.123. The first-order valence-electron chi connectivity index (χ1n) is 6.42. The zero-order valence-corrected chi connectivity index (χ0v) is 13.3. The summed E-state index contributed by atoms with van der Waals surface area (Å²) in [4.78, 5) is 13.3. The van der Waals surface area contributed by atoms with Gasteiger partial charge in [0.15, 0.2) is 0 Å². The summed E-state index contributed by atoms with van der Waals surface area (Å²) in [6.45, 7) is 5.93. The highest BCUT2D eigenvalue weighted by Crippen LogP contribution is 2.27. The molecule has 1 aromatic heterocycles. The van der Waals surface area contributed by atoms with Crippen molar-refractivity contribution in [3.63, 3.8) is 0 Å². The summed E-state index contributed by atoms with van der Waals surface area (Å²) in [6, 6.07) is 8.21. The van der Waals surface area contributed by atoms with Gasteiger partial charge in [0.2, 0.25) is 11.0 Å². The second-order valence-corrected chi connectivity index (χ2v) is 6.90. The Hall–Kier alpha value is -1.40. The molecule has 1 atom stereocenters. The Labute approximate surface area is 127 Å². The minimum Gasteiger partial charge on any atom is -0.300 e. The second kappa shape index (κ2) is 6.85. The van der Waals surface area contributed by atoms with Crippen LogP contribution in [0.15, 0.2) is 29.2 Å². The van der Waals surface area contributed by atoms with Crippen molar-refractivity contribution < 1.29 is 4.79 Å². The molecule has 0 bridgehead atoms. The maximum Gasteiger partial charge on any atom is 0.239 e. The summed E-state index contributed by atoms with van der Waals surface area (Å²) < 4.78 is 0. The number of amides is 1.